The predicted molar refractivity (Wildman–Crippen MR) is 90.4 cm³/mol. The van der Waals surface area contributed by atoms with Gasteiger partial charge in [-0.05, 0) is 31.2 Å². The van der Waals surface area contributed by atoms with E-state index in [0.29, 0.717) is 17.0 Å². The van der Waals surface area contributed by atoms with E-state index < -0.39 is 24.1 Å². The number of benzene rings is 1. The number of methoxy groups -OCH3 is 1. The molecule has 1 aliphatic heterocycles. The number of aryl methyl sites for hydroxylation is 1. The van der Waals surface area contributed by atoms with Gasteiger partial charge in [0.1, 0.15) is 0 Å². The highest BCUT2D eigenvalue weighted by Crippen LogP contribution is 2.43. The van der Waals surface area contributed by atoms with Crippen LogP contribution in [-0.2, 0) is 22.5 Å². The number of fused-ring (bicyclic) bond motifs is 1. The largest absolute Gasteiger partial charge is 0.467 e. The Balaban J connectivity index is 2.07. The number of likely N-dealkylation sites (N-methyl/N-ethyl adjacent to an activating group) is 1. The number of nitrogens with zero attached hydrogens (tertiary/aromatic N) is 2. The van der Waals surface area contributed by atoms with Gasteiger partial charge in [0.25, 0.3) is 0 Å². The summed E-state index contributed by atoms with van der Waals surface area (Å²) in [5.41, 5.74) is 0.913. The van der Waals surface area contributed by atoms with Crippen molar-refractivity contribution in [3.63, 3.8) is 0 Å². The molecule has 26 heavy (non-hydrogen) atoms. The van der Waals surface area contributed by atoms with Crippen molar-refractivity contribution in [3.8, 4) is 11.3 Å². The second-order valence-electron chi connectivity index (χ2n) is 6.50. The van der Waals surface area contributed by atoms with Gasteiger partial charge >= 0.3 is 12.1 Å². The molecule has 0 fully saturated rings. The molecule has 0 spiro atoms. The number of hydrogen-bond acceptors (Lipinski definition) is 4. The van der Waals surface area contributed by atoms with Crippen LogP contribution in [0.15, 0.2) is 36.4 Å². The summed E-state index contributed by atoms with van der Waals surface area (Å²) in [6.07, 6.45) is -5.28. The number of ether oxygens (including phenoxy) is 1. The average Bonchev–Trinajstić information content (AvgIpc) is 2.59. The molecule has 0 bridgehead atoms. The third-order valence-corrected chi connectivity index (χ3v) is 4.97. The van der Waals surface area contributed by atoms with Crippen LogP contribution in [0, 0.1) is 6.92 Å². The number of esters is 1. The summed E-state index contributed by atoms with van der Waals surface area (Å²) < 4.78 is 45.9. The summed E-state index contributed by atoms with van der Waals surface area (Å²) in [7, 11) is 2.24. The Hall–Kier alpha value is -2.41. The summed E-state index contributed by atoms with van der Waals surface area (Å²) >= 11 is 0. The van der Waals surface area contributed by atoms with E-state index in [1.807, 2.05) is 31.2 Å². The molecule has 138 valence electrons. The minimum Gasteiger partial charge on any atom is -0.467 e. The Morgan fingerprint density at radius 2 is 1.92 bits per heavy atom. The normalized spacial score (nSPS) is 20.5. The Kier molecular flexibility index (Phi) is 4.52. The molecular weight excluding hydrogens is 345 g/mol. The molecule has 3 rings (SSSR count). The first-order valence-electron chi connectivity index (χ1n) is 8.12. The molecule has 1 unspecified atom stereocenters. The minimum atomic E-state index is -4.76. The van der Waals surface area contributed by atoms with Crippen LogP contribution >= 0.6 is 0 Å². The molecule has 2 aromatic rings. The van der Waals surface area contributed by atoms with Gasteiger partial charge in [0.05, 0.1) is 18.5 Å². The van der Waals surface area contributed by atoms with Crippen molar-refractivity contribution < 1.29 is 22.7 Å². The van der Waals surface area contributed by atoms with Crippen LogP contribution < -0.4 is 0 Å². The zero-order chi connectivity index (χ0) is 19.1. The number of rotatable bonds is 2. The summed E-state index contributed by atoms with van der Waals surface area (Å²) in [5, 5.41) is 0. The van der Waals surface area contributed by atoms with Crippen LogP contribution in [0.5, 0.6) is 0 Å². The molecule has 0 saturated heterocycles. The van der Waals surface area contributed by atoms with Gasteiger partial charge in [-0.1, -0.05) is 30.3 Å². The number of pyridine rings is 1. The smallest absolute Gasteiger partial charge is 0.417 e. The van der Waals surface area contributed by atoms with Crippen LogP contribution in [0.3, 0.4) is 0 Å². The first kappa shape index (κ1) is 18.4. The van der Waals surface area contributed by atoms with Crippen LogP contribution in [0.4, 0.5) is 13.2 Å². The monoisotopic (exact) mass is 364 g/mol. The van der Waals surface area contributed by atoms with Gasteiger partial charge in [-0.15, -0.1) is 0 Å². The molecule has 0 amide bonds. The maximum Gasteiger partial charge on any atom is 0.417 e. The molecule has 0 N–H and O–H groups in total. The Bertz CT molecular complexity index is 851. The van der Waals surface area contributed by atoms with Crippen molar-refractivity contribution in [1.29, 1.82) is 0 Å². The zero-order valence-electron chi connectivity index (χ0n) is 14.7. The molecule has 4 nitrogen and oxygen atoms in total. The minimum absolute atomic E-state index is 0.0936. The number of halogens is 3. The molecule has 0 saturated carbocycles. The second-order valence-corrected chi connectivity index (χ2v) is 6.50. The van der Waals surface area contributed by atoms with Crippen LogP contribution in [0.2, 0.25) is 0 Å². The second kappa shape index (κ2) is 6.39. The SMILES string of the molecule is COC(=O)C1(C(F)(F)F)Cc2ccc(-c3ccccc3C)nc2CN1C. The third kappa shape index (κ3) is 2.76. The molecule has 1 atom stereocenters. The van der Waals surface area contributed by atoms with Gasteiger partial charge in [-0.2, -0.15) is 13.2 Å². The Labute approximate surface area is 149 Å². The zero-order valence-corrected chi connectivity index (χ0v) is 14.7. The first-order chi connectivity index (χ1) is 12.2. The Morgan fingerprint density at radius 1 is 1.23 bits per heavy atom. The molecule has 1 aliphatic rings. The van der Waals surface area contributed by atoms with E-state index in [1.54, 1.807) is 12.1 Å². The number of carbonyl (C=O) groups excluding carboxylic acids is 1. The lowest BCUT2D eigenvalue weighted by Crippen LogP contribution is -2.66. The predicted octanol–water partition coefficient (Wildman–Crippen LogP) is 3.52. The van der Waals surface area contributed by atoms with Gasteiger partial charge in [0.2, 0.25) is 5.54 Å². The Morgan fingerprint density at radius 3 is 2.54 bits per heavy atom. The lowest BCUT2D eigenvalue weighted by atomic mass is 9.83. The van der Waals surface area contributed by atoms with Crippen LogP contribution in [-0.4, -0.2) is 41.7 Å². The molecular formula is C19H19F3N2O2. The third-order valence-electron chi connectivity index (χ3n) is 4.97. The van der Waals surface area contributed by atoms with Gasteiger partial charge < -0.3 is 4.74 Å². The van der Waals surface area contributed by atoms with E-state index in [2.05, 4.69) is 9.72 Å². The number of alkyl halides is 3. The van der Waals surface area contributed by atoms with Crippen LogP contribution in [0.25, 0.3) is 11.3 Å². The number of aromatic nitrogens is 1. The topological polar surface area (TPSA) is 42.4 Å². The molecule has 1 aromatic heterocycles. The van der Waals surface area contributed by atoms with Crippen molar-refractivity contribution in [2.24, 2.45) is 0 Å². The summed E-state index contributed by atoms with van der Waals surface area (Å²) in [6, 6.07) is 11.0. The fraction of sp³-hybridized carbons (Fsp3) is 0.368. The highest BCUT2D eigenvalue weighted by Gasteiger charge is 2.65. The van der Waals surface area contributed by atoms with Crippen molar-refractivity contribution in [3.05, 3.63) is 53.2 Å². The number of hydrogen-bond donors (Lipinski definition) is 0. The maximum absolute atomic E-state index is 13.8. The van der Waals surface area contributed by atoms with Crippen molar-refractivity contribution >= 4 is 5.97 Å². The van der Waals surface area contributed by atoms with Gasteiger partial charge in [-0.25, -0.2) is 4.79 Å². The van der Waals surface area contributed by atoms with Crippen molar-refractivity contribution in [1.82, 2.24) is 9.88 Å². The van der Waals surface area contributed by atoms with E-state index >= 15 is 0 Å². The van der Waals surface area contributed by atoms with Gasteiger partial charge in [0, 0.05) is 18.5 Å². The van der Waals surface area contributed by atoms with Crippen molar-refractivity contribution in [2.45, 2.75) is 31.6 Å². The molecule has 0 aliphatic carbocycles. The number of carbonyl (C=O) groups is 1. The molecule has 7 heteroatoms. The highest BCUT2D eigenvalue weighted by atomic mass is 19.4. The summed E-state index contributed by atoms with van der Waals surface area (Å²) in [6.45, 7) is 1.86. The average molecular weight is 364 g/mol. The highest BCUT2D eigenvalue weighted by molar-refractivity contribution is 5.83. The van der Waals surface area contributed by atoms with E-state index in [0.717, 1.165) is 23.1 Å². The van der Waals surface area contributed by atoms with Crippen molar-refractivity contribution in [2.75, 3.05) is 14.2 Å². The van der Waals surface area contributed by atoms with E-state index in [-0.39, 0.29) is 6.54 Å². The first-order valence-corrected chi connectivity index (χ1v) is 8.12. The molecule has 1 aromatic carbocycles. The molecule has 0 radical (unpaired) electrons. The van der Waals surface area contributed by atoms with E-state index in [9.17, 15) is 18.0 Å². The quantitative estimate of drug-likeness (QED) is 0.765. The van der Waals surface area contributed by atoms with Gasteiger partial charge in [-0.3, -0.25) is 9.88 Å². The maximum atomic E-state index is 13.8. The van der Waals surface area contributed by atoms with E-state index in [4.69, 9.17) is 0 Å². The van der Waals surface area contributed by atoms with Crippen LogP contribution in [0.1, 0.15) is 16.8 Å². The standard InChI is InChI=1S/C19H19F3N2O2/c1-12-6-4-5-7-14(12)15-9-8-13-10-18(17(25)26-3,19(20,21)22)24(2)11-16(13)23-15/h4-9H,10-11H2,1-3H3. The molecule has 2 heterocycles. The summed E-state index contributed by atoms with van der Waals surface area (Å²) in [5.74, 6) is -1.30. The fourth-order valence-electron chi connectivity index (χ4n) is 3.44. The lowest BCUT2D eigenvalue weighted by molar-refractivity contribution is -0.240. The summed E-state index contributed by atoms with van der Waals surface area (Å²) in [4.78, 5) is 17.6. The lowest BCUT2D eigenvalue weighted by Gasteiger charge is -2.43. The van der Waals surface area contributed by atoms with Gasteiger partial charge in [0.15, 0.2) is 0 Å². The fourth-order valence-corrected chi connectivity index (χ4v) is 3.44. The van der Waals surface area contributed by atoms with E-state index in [1.165, 1.54) is 7.05 Å².